The SMILES string of the molecule is CC(=O)O[C@@H]1C[C@@]2(C)[C@@H]3CC[C@H]4[C@@](C)(CO)[C@@H](NC(=O)c5ccccc5)CC[C@@]45C[C@@]35CC[C@]2(C)[C@H]1[C@H](C)N(C)C. The summed E-state index contributed by atoms with van der Waals surface area (Å²) in [6, 6.07) is 9.77. The Kier molecular flexibility index (Phi) is 6.79. The van der Waals surface area contributed by atoms with Gasteiger partial charge in [0, 0.05) is 35.9 Å². The summed E-state index contributed by atoms with van der Waals surface area (Å²) in [5, 5.41) is 14.3. The second-order valence-corrected chi connectivity index (χ2v) is 15.7. The number of amides is 1. The Balaban J connectivity index is 1.30. The van der Waals surface area contributed by atoms with Gasteiger partial charge in [-0.05, 0) is 118 Å². The van der Waals surface area contributed by atoms with Gasteiger partial charge in [0.15, 0.2) is 0 Å². The van der Waals surface area contributed by atoms with Crippen LogP contribution < -0.4 is 5.32 Å². The Hall–Kier alpha value is -1.92. The summed E-state index contributed by atoms with van der Waals surface area (Å²) in [6.45, 7) is 11.3. The zero-order valence-corrected chi connectivity index (χ0v) is 26.3. The van der Waals surface area contributed by atoms with Crippen LogP contribution in [-0.2, 0) is 9.53 Å². The summed E-state index contributed by atoms with van der Waals surface area (Å²) < 4.78 is 6.15. The van der Waals surface area contributed by atoms with E-state index in [0.29, 0.717) is 34.8 Å². The van der Waals surface area contributed by atoms with Crippen LogP contribution in [0.5, 0.6) is 0 Å². The standard InChI is InChI=1S/C35H52N2O4/c1-22(37(6)7)29-25(41-23(2)39)19-33(5)27-14-13-26-31(3,21-38)28(36-30(40)24-11-9-8-10-12-24)15-16-34(26)20-35(27,34)18-17-32(29,33)4/h8-12,22,25-29,38H,13-21H2,1-7H3,(H,36,40)/t22-,25+,26-,27-,28-,29-,31+,32+,33-,34+,35-/m0/s1. The largest absolute Gasteiger partial charge is 0.462 e. The summed E-state index contributed by atoms with van der Waals surface area (Å²) in [7, 11) is 4.31. The van der Waals surface area contributed by atoms with Gasteiger partial charge < -0.3 is 20.1 Å². The van der Waals surface area contributed by atoms with E-state index in [1.54, 1.807) is 6.92 Å². The van der Waals surface area contributed by atoms with Gasteiger partial charge in [0.25, 0.3) is 5.91 Å². The number of rotatable bonds is 6. The lowest BCUT2D eigenvalue weighted by Crippen LogP contribution is -2.62. The van der Waals surface area contributed by atoms with Gasteiger partial charge in [-0.25, -0.2) is 0 Å². The Bertz CT molecular complexity index is 1200. The number of ether oxygens (including phenoxy) is 1. The average molecular weight is 565 g/mol. The van der Waals surface area contributed by atoms with Crippen LogP contribution in [0.4, 0.5) is 0 Å². The lowest BCUT2D eigenvalue weighted by Gasteiger charge is -2.63. The van der Waals surface area contributed by atoms with Gasteiger partial charge in [-0.1, -0.05) is 39.0 Å². The minimum Gasteiger partial charge on any atom is -0.462 e. The fourth-order valence-corrected chi connectivity index (χ4v) is 12.1. The minimum atomic E-state index is -0.337. The number of nitrogens with one attached hydrogen (secondary N) is 1. The highest BCUT2D eigenvalue weighted by Gasteiger charge is 2.83. The maximum Gasteiger partial charge on any atom is 0.302 e. The zero-order valence-electron chi connectivity index (χ0n) is 26.3. The van der Waals surface area contributed by atoms with Crippen molar-refractivity contribution in [2.45, 2.75) is 104 Å². The number of carbonyl (C=O) groups excluding carboxylic acids is 2. The van der Waals surface area contributed by atoms with E-state index in [4.69, 9.17) is 4.74 Å². The highest BCUT2D eigenvalue weighted by molar-refractivity contribution is 5.94. The summed E-state index contributed by atoms with van der Waals surface area (Å²) in [4.78, 5) is 27.8. The first-order chi connectivity index (χ1) is 19.3. The maximum atomic E-state index is 13.2. The van der Waals surface area contributed by atoms with Gasteiger partial charge in [0.05, 0.1) is 6.61 Å². The number of esters is 1. The third-order valence-electron chi connectivity index (χ3n) is 14.3. The molecule has 5 saturated carbocycles. The van der Waals surface area contributed by atoms with Crippen molar-refractivity contribution < 1.29 is 19.4 Å². The average Bonchev–Trinajstić information content (AvgIpc) is 3.54. The van der Waals surface area contributed by atoms with Crippen molar-refractivity contribution in [2.24, 2.45) is 44.8 Å². The number of hydrogen-bond acceptors (Lipinski definition) is 5. The first kappa shape index (κ1) is 29.2. The van der Waals surface area contributed by atoms with Crippen LogP contribution in [0.1, 0.15) is 96.3 Å². The molecule has 0 unspecified atom stereocenters. The van der Waals surface area contributed by atoms with Crippen LogP contribution in [0.15, 0.2) is 30.3 Å². The summed E-state index contributed by atoms with van der Waals surface area (Å²) in [6.07, 6.45) is 8.85. The number of aliphatic hydroxyl groups excluding tert-OH is 1. The number of nitrogens with zero attached hydrogens (tertiary/aromatic N) is 1. The molecule has 1 amide bonds. The van der Waals surface area contributed by atoms with E-state index in [2.05, 4.69) is 52.0 Å². The molecule has 11 atom stereocenters. The van der Waals surface area contributed by atoms with E-state index in [-0.39, 0.29) is 52.3 Å². The predicted molar refractivity (Wildman–Crippen MR) is 160 cm³/mol. The van der Waals surface area contributed by atoms with E-state index in [1.807, 2.05) is 30.3 Å². The molecule has 2 N–H and O–H groups in total. The minimum absolute atomic E-state index is 0.0281. The molecule has 5 aliphatic carbocycles. The quantitative estimate of drug-likeness (QED) is 0.434. The van der Waals surface area contributed by atoms with E-state index in [1.165, 1.54) is 19.3 Å². The zero-order chi connectivity index (χ0) is 29.6. The van der Waals surface area contributed by atoms with E-state index in [9.17, 15) is 14.7 Å². The second-order valence-electron chi connectivity index (χ2n) is 15.7. The summed E-state index contributed by atoms with van der Waals surface area (Å²) in [5.41, 5.74) is 1.09. The molecule has 0 heterocycles. The molecule has 0 aliphatic heterocycles. The Morgan fingerprint density at radius 3 is 2.29 bits per heavy atom. The first-order valence-corrected chi connectivity index (χ1v) is 16.1. The van der Waals surface area contributed by atoms with Crippen LogP contribution in [0.2, 0.25) is 0 Å². The molecule has 0 aromatic heterocycles. The van der Waals surface area contributed by atoms with Crippen LogP contribution in [-0.4, -0.2) is 60.8 Å². The smallest absolute Gasteiger partial charge is 0.302 e. The molecular formula is C35H52N2O4. The molecule has 6 heteroatoms. The molecule has 2 spiro atoms. The number of benzene rings is 1. The number of hydrogen-bond donors (Lipinski definition) is 2. The van der Waals surface area contributed by atoms with Crippen molar-refractivity contribution in [3.63, 3.8) is 0 Å². The molecule has 226 valence electrons. The molecule has 6 nitrogen and oxygen atoms in total. The molecular weight excluding hydrogens is 512 g/mol. The van der Waals surface area contributed by atoms with Crippen LogP contribution in [0, 0.1) is 44.8 Å². The van der Waals surface area contributed by atoms with E-state index >= 15 is 0 Å². The summed E-state index contributed by atoms with van der Waals surface area (Å²) >= 11 is 0. The van der Waals surface area contributed by atoms with Gasteiger partial charge in [0.2, 0.25) is 0 Å². The lowest BCUT2D eigenvalue weighted by molar-refractivity contribution is -0.156. The predicted octanol–water partition coefficient (Wildman–Crippen LogP) is 5.69. The van der Waals surface area contributed by atoms with Crippen LogP contribution >= 0.6 is 0 Å². The van der Waals surface area contributed by atoms with Crippen molar-refractivity contribution in [2.75, 3.05) is 20.7 Å². The molecule has 0 bridgehead atoms. The molecule has 0 radical (unpaired) electrons. The van der Waals surface area contributed by atoms with E-state index < -0.39 is 0 Å². The molecule has 6 rings (SSSR count). The van der Waals surface area contributed by atoms with Crippen molar-refractivity contribution in [1.82, 2.24) is 10.2 Å². The third kappa shape index (κ3) is 3.81. The Labute approximate surface area is 247 Å². The third-order valence-corrected chi connectivity index (χ3v) is 14.3. The monoisotopic (exact) mass is 564 g/mol. The number of aliphatic hydroxyl groups is 1. The molecule has 5 fully saturated rings. The van der Waals surface area contributed by atoms with E-state index in [0.717, 1.165) is 32.1 Å². The van der Waals surface area contributed by atoms with Crippen molar-refractivity contribution >= 4 is 11.9 Å². The van der Waals surface area contributed by atoms with Gasteiger partial charge in [0.1, 0.15) is 6.10 Å². The van der Waals surface area contributed by atoms with Crippen molar-refractivity contribution in [1.29, 1.82) is 0 Å². The fourth-order valence-electron chi connectivity index (χ4n) is 12.1. The van der Waals surface area contributed by atoms with Crippen molar-refractivity contribution in [3.8, 4) is 0 Å². The van der Waals surface area contributed by atoms with Gasteiger partial charge in [-0.15, -0.1) is 0 Å². The first-order valence-electron chi connectivity index (χ1n) is 16.1. The molecule has 0 saturated heterocycles. The second kappa shape index (κ2) is 9.54. The van der Waals surface area contributed by atoms with Crippen LogP contribution in [0.3, 0.4) is 0 Å². The van der Waals surface area contributed by atoms with Crippen molar-refractivity contribution in [3.05, 3.63) is 35.9 Å². The van der Waals surface area contributed by atoms with Gasteiger partial charge in [-0.2, -0.15) is 0 Å². The maximum absolute atomic E-state index is 13.2. The molecule has 1 aromatic rings. The molecule has 41 heavy (non-hydrogen) atoms. The fraction of sp³-hybridized carbons (Fsp3) is 0.771. The number of fused-ring (bicyclic) bond motifs is 2. The lowest BCUT2D eigenvalue weighted by atomic mass is 9.41. The molecule has 5 aliphatic rings. The Morgan fingerprint density at radius 2 is 1.66 bits per heavy atom. The van der Waals surface area contributed by atoms with Gasteiger partial charge >= 0.3 is 5.97 Å². The normalized spacial score (nSPS) is 46.9. The van der Waals surface area contributed by atoms with Crippen LogP contribution in [0.25, 0.3) is 0 Å². The highest BCUT2D eigenvalue weighted by atomic mass is 16.5. The Morgan fingerprint density at radius 1 is 1.00 bits per heavy atom. The number of carbonyl (C=O) groups is 2. The summed E-state index contributed by atoms with van der Waals surface area (Å²) in [5.74, 6) is 1.12. The highest BCUT2D eigenvalue weighted by Crippen LogP contribution is 2.89. The molecule has 1 aromatic carbocycles. The van der Waals surface area contributed by atoms with Gasteiger partial charge in [-0.3, -0.25) is 9.59 Å². The topological polar surface area (TPSA) is 78.9 Å².